The van der Waals surface area contributed by atoms with E-state index in [9.17, 15) is 4.79 Å². The van der Waals surface area contributed by atoms with Gasteiger partial charge < -0.3 is 26.1 Å². The van der Waals surface area contributed by atoms with Gasteiger partial charge in [0.1, 0.15) is 5.76 Å². The molecule has 1 amide bonds. The average Bonchev–Trinajstić information content (AvgIpc) is 3.27. The Morgan fingerprint density at radius 3 is 2.46 bits per heavy atom. The quantitative estimate of drug-likeness (QED) is 0.0636. The maximum absolute atomic E-state index is 13.4. The predicted molar refractivity (Wildman–Crippen MR) is 192 cm³/mol. The average molecular weight is 634 g/mol. The summed E-state index contributed by atoms with van der Waals surface area (Å²) in [5.74, 6) is 6.96. The van der Waals surface area contributed by atoms with E-state index in [1.807, 2.05) is 27.0 Å². The first kappa shape index (κ1) is 38.4. The van der Waals surface area contributed by atoms with Crippen molar-refractivity contribution in [1.29, 1.82) is 0 Å². The van der Waals surface area contributed by atoms with E-state index in [1.54, 1.807) is 36.3 Å². The highest BCUT2D eigenvalue weighted by molar-refractivity contribution is 5.97. The van der Waals surface area contributed by atoms with Gasteiger partial charge in [-0.05, 0) is 68.3 Å². The van der Waals surface area contributed by atoms with Gasteiger partial charge in [0, 0.05) is 48.1 Å². The summed E-state index contributed by atoms with van der Waals surface area (Å²) < 4.78 is 7.64. The lowest BCUT2D eigenvalue weighted by atomic mass is 9.78. The van der Waals surface area contributed by atoms with Gasteiger partial charge in [-0.1, -0.05) is 78.0 Å². The Labute approximate surface area is 277 Å². The molecule has 254 valence electrons. The molecule has 0 fully saturated rings. The number of ether oxygens (including phenoxy) is 1. The number of amides is 1. The van der Waals surface area contributed by atoms with Crippen molar-refractivity contribution in [3.63, 3.8) is 0 Å². The second-order valence-corrected chi connectivity index (χ2v) is 14.4. The van der Waals surface area contributed by atoms with Crippen LogP contribution in [-0.2, 0) is 16.6 Å². The SMILES string of the molecule is C=C/C(=C\C=C(\C)CN(N)/C=C(\N)c1cnn(C)c1C)C(=O)N/C1=C/C(C(C)(C)C)C=C(OC)C(CCNCCC(C)(C)C)=CC1. The number of hydrazine groups is 1. The number of aryl methyl sites for hydroxylation is 1. The molecule has 1 aromatic heterocycles. The summed E-state index contributed by atoms with van der Waals surface area (Å²) in [4.78, 5) is 13.4. The Morgan fingerprint density at radius 1 is 1.20 bits per heavy atom. The fraction of sp³-hybridized carbons (Fsp3) is 0.514. The Balaban J connectivity index is 2.19. The molecule has 46 heavy (non-hydrogen) atoms. The second kappa shape index (κ2) is 17.2. The van der Waals surface area contributed by atoms with Crippen LogP contribution in [0, 0.1) is 23.7 Å². The van der Waals surface area contributed by atoms with Crippen LogP contribution in [0.3, 0.4) is 0 Å². The maximum Gasteiger partial charge on any atom is 0.255 e. The molecule has 6 N–H and O–H groups in total. The summed E-state index contributed by atoms with van der Waals surface area (Å²) in [6.07, 6.45) is 17.6. The fourth-order valence-corrected chi connectivity index (χ4v) is 4.87. The summed E-state index contributed by atoms with van der Waals surface area (Å²) in [5.41, 5.74) is 12.2. The molecule has 2 rings (SSSR count). The number of hydrogen-bond donors (Lipinski definition) is 4. The van der Waals surface area contributed by atoms with Gasteiger partial charge in [0.25, 0.3) is 5.91 Å². The van der Waals surface area contributed by atoms with E-state index in [-0.39, 0.29) is 17.2 Å². The minimum Gasteiger partial charge on any atom is -0.497 e. The van der Waals surface area contributed by atoms with Crippen molar-refractivity contribution >= 4 is 11.6 Å². The smallest absolute Gasteiger partial charge is 0.255 e. The highest BCUT2D eigenvalue weighted by atomic mass is 16.5. The van der Waals surface area contributed by atoms with Crippen molar-refractivity contribution in [2.75, 3.05) is 26.7 Å². The van der Waals surface area contributed by atoms with Gasteiger partial charge in [-0.25, -0.2) is 5.84 Å². The summed E-state index contributed by atoms with van der Waals surface area (Å²) in [6, 6.07) is 0. The molecule has 1 aliphatic carbocycles. The standard InChI is InChI=1S/C37H59N7O2/c1-12-28(14-13-26(2)24-44(39)25-33(38)32-23-41-43(10)27(32)3)35(45)42-31-16-15-29(17-19-40-20-18-36(4,5)6)34(46-11)22-30(21-31)37(7,8)9/h12-15,21-23,25,30,40H,1,16-20,24,38-39H2,2-11H3,(H,42,45)/b26-13-,28-14+,29-15?,31-21+,33-25-,34-22?. The summed E-state index contributed by atoms with van der Waals surface area (Å²) in [6.45, 7) is 23.4. The number of aromatic nitrogens is 2. The van der Waals surface area contributed by atoms with Gasteiger partial charge in [-0.15, -0.1) is 0 Å². The Morgan fingerprint density at radius 2 is 1.89 bits per heavy atom. The lowest BCUT2D eigenvalue weighted by molar-refractivity contribution is -0.116. The molecule has 0 saturated carbocycles. The molecule has 9 nitrogen and oxygen atoms in total. The van der Waals surface area contributed by atoms with Crippen LogP contribution in [0.2, 0.25) is 0 Å². The predicted octanol–water partition coefficient (Wildman–Crippen LogP) is 6.16. The lowest BCUT2D eigenvalue weighted by Gasteiger charge is -2.29. The number of nitrogens with one attached hydrogen (secondary N) is 2. The van der Waals surface area contributed by atoms with Crippen LogP contribution in [0.15, 0.2) is 83.6 Å². The molecule has 0 aromatic carbocycles. The Kier molecular flexibility index (Phi) is 14.3. The highest BCUT2D eigenvalue weighted by Crippen LogP contribution is 2.34. The molecular weight excluding hydrogens is 574 g/mol. The minimum absolute atomic E-state index is 0.0556. The van der Waals surface area contributed by atoms with Crippen molar-refractivity contribution in [2.45, 2.75) is 74.7 Å². The number of hydrogen-bond acceptors (Lipinski definition) is 7. The zero-order chi connectivity index (χ0) is 34.7. The van der Waals surface area contributed by atoms with E-state index in [0.717, 1.165) is 59.8 Å². The Hall–Kier alpha value is -3.82. The molecule has 1 aliphatic rings. The first-order valence-corrected chi connectivity index (χ1v) is 16.1. The number of carbonyl (C=O) groups excluding carboxylic acids is 1. The van der Waals surface area contributed by atoms with Gasteiger partial charge in [0.2, 0.25) is 0 Å². The molecule has 1 aromatic rings. The Bertz CT molecular complexity index is 1390. The molecular formula is C37H59N7O2. The van der Waals surface area contributed by atoms with Gasteiger partial charge in [-0.2, -0.15) is 5.10 Å². The van der Waals surface area contributed by atoms with E-state index in [2.05, 4.69) is 82.1 Å². The molecule has 1 unspecified atom stereocenters. The molecule has 0 aliphatic heterocycles. The summed E-state index contributed by atoms with van der Waals surface area (Å²) in [7, 11) is 3.60. The topological polar surface area (TPSA) is 123 Å². The molecule has 0 spiro atoms. The molecule has 1 atom stereocenters. The fourth-order valence-electron chi connectivity index (χ4n) is 4.87. The summed E-state index contributed by atoms with van der Waals surface area (Å²) in [5, 5.41) is 12.5. The van der Waals surface area contributed by atoms with Gasteiger partial charge >= 0.3 is 0 Å². The van der Waals surface area contributed by atoms with Crippen molar-refractivity contribution in [2.24, 2.45) is 35.4 Å². The van der Waals surface area contributed by atoms with Gasteiger partial charge in [0.05, 0.1) is 25.5 Å². The molecule has 0 radical (unpaired) electrons. The largest absolute Gasteiger partial charge is 0.497 e. The number of allylic oxidation sites excluding steroid dienone is 6. The van der Waals surface area contributed by atoms with Crippen LogP contribution >= 0.6 is 0 Å². The van der Waals surface area contributed by atoms with Gasteiger partial charge in [-0.3, -0.25) is 9.48 Å². The molecule has 0 bridgehead atoms. The third-order valence-corrected chi connectivity index (χ3v) is 8.03. The number of rotatable bonds is 14. The van der Waals surface area contributed by atoms with E-state index >= 15 is 0 Å². The third kappa shape index (κ3) is 12.5. The number of methoxy groups -OCH3 is 1. The van der Waals surface area contributed by atoms with Crippen LogP contribution in [0.5, 0.6) is 0 Å². The van der Waals surface area contributed by atoms with E-state index < -0.39 is 0 Å². The number of carbonyl (C=O) groups is 1. The van der Waals surface area contributed by atoms with Crippen molar-refractivity contribution in [3.05, 3.63) is 94.9 Å². The maximum atomic E-state index is 13.4. The van der Waals surface area contributed by atoms with Gasteiger partial charge in [0.15, 0.2) is 0 Å². The summed E-state index contributed by atoms with van der Waals surface area (Å²) >= 11 is 0. The van der Waals surface area contributed by atoms with Crippen molar-refractivity contribution < 1.29 is 9.53 Å². The minimum atomic E-state index is -0.214. The highest BCUT2D eigenvalue weighted by Gasteiger charge is 2.25. The molecule has 9 heteroatoms. The monoisotopic (exact) mass is 633 g/mol. The normalized spacial score (nSPS) is 18.1. The van der Waals surface area contributed by atoms with Crippen LogP contribution in [0.4, 0.5) is 0 Å². The zero-order valence-electron chi connectivity index (χ0n) is 30.0. The second-order valence-electron chi connectivity index (χ2n) is 14.4. The van der Waals surface area contributed by atoms with Crippen LogP contribution in [-0.4, -0.2) is 47.4 Å². The van der Waals surface area contributed by atoms with E-state index in [1.165, 1.54) is 5.01 Å². The first-order chi connectivity index (χ1) is 21.4. The number of nitrogens with two attached hydrogens (primary N) is 2. The zero-order valence-corrected chi connectivity index (χ0v) is 30.0. The molecule has 0 saturated heterocycles. The van der Waals surface area contributed by atoms with Crippen LogP contribution in [0.25, 0.3) is 5.70 Å². The van der Waals surface area contributed by atoms with Crippen LogP contribution in [0.1, 0.15) is 79.0 Å². The number of nitrogens with zero attached hydrogens (tertiary/aromatic N) is 3. The van der Waals surface area contributed by atoms with Crippen LogP contribution < -0.4 is 22.2 Å². The first-order valence-electron chi connectivity index (χ1n) is 16.1. The van der Waals surface area contributed by atoms with Crippen molar-refractivity contribution in [3.8, 4) is 0 Å². The third-order valence-electron chi connectivity index (χ3n) is 8.03. The van der Waals surface area contributed by atoms with Crippen molar-refractivity contribution in [1.82, 2.24) is 25.4 Å². The van der Waals surface area contributed by atoms with E-state index in [0.29, 0.717) is 29.7 Å². The van der Waals surface area contributed by atoms with E-state index in [4.69, 9.17) is 16.3 Å². The lowest BCUT2D eigenvalue weighted by Crippen LogP contribution is -2.28. The molecule has 1 heterocycles.